The van der Waals surface area contributed by atoms with Crippen molar-refractivity contribution in [2.24, 2.45) is 0 Å². The predicted octanol–water partition coefficient (Wildman–Crippen LogP) is 2.13. The number of nitrogens with two attached hydrogens (primary N) is 1. The smallest absolute Gasteiger partial charge is 0.221 e. The van der Waals surface area contributed by atoms with E-state index in [9.17, 15) is 0 Å². The first-order chi connectivity index (χ1) is 6.72. The van der Waals surface area contributed by atoms with Crippen molar-refractivity contribution >= 4 is 16.5 Å². The second-order valence-corrected chi connectivity index (χ2v) is 3.27. The molecule has 0 spiro atoms. The second kappa shape index (κ2) is 3.18. The third-order valence-electron chi connectivity index (χ3n) is 2.23. The predicted molar refractivity (Wildman–Crippen MR) is 57.4 cm³/mol. The standard InChI is InChI=1S/C11H12N2O/c1-7-3-4-8-9(5-7)11(14-2)13-6-10(8)12/h3-6H,12H2,1-2H3. The average Bonchev–Trinajstić information content (AvgIpc) is 2.18. The molecule has 0 atom stereocenters. The van der Waals surface area contributed by atoms with E-state index in [1.807, 2.05) is 25.1 Å². The van der Waals surface area contributed by atoms with Crippen LogP contribution in [0.5, 0.6) is 5.88 Å². The van der Waals surface area contributed by atoms with E-state index in [-0.39, 0.29) is 0 Å². The third-order valence-corrected chi connectivity index (χ3v) is 2.23. The molecule has 2 aromatic rings. The van der Waals surface area contributed by atoms with Gasteiger partial charge in [0, 0.05) is 10.8 Å². The molecule has 3 nitrogen and oxygen atoms in total. The van der Waals surface area contributed by atoms with Crippen molar-refractivity contribution in [2.75, 3.05) is 12.8 Å². The highest BCUT2D eigenvalue weighted by atomic mass is 16.5. The Morgan fingerprint density at radius 2 is 2.07 bits per heavy atom. The molecule has 0 fully saturated rings. The van der Waals surface area contributed by atoms with Gasteiger partial charge in [-0.05, 0) is 13.0 Å². The van der Waals surface area contributed by atoms with Crippen molar-refractivity contribution in [3.05, 3.63) is 30.0 Å². The van der Waals surface area contributed by atoms with E-state index in [2.05, 4.69) is 4.98 Å². The van der Waals surface area contributed by atoms with Crippen LogP contribution in [0.2, 0.25) is 0 Å². The second-order valence-electron chi connectivity index (χ2n) is 3.27. The molecule has 72 valence electrons. The van der Waals surface area contributed by atoms with E-state index < -0.39 is 0 Å². The molecule has 0 amide bonds. The Morgan fingerprint density at radius 3 is 2.79 bits per heavy atom. The number of nitrogen functional groups attached to an aromatic ring is 1. The molecule has 1 heterocycles. The van der Waals surface area contributed by atoms with E-state index in [1.54, 1.807) is 13.3 Å². The Morgan fingerprint density at radius 1 is 1.29 bits per heavy atom. The lowest BCUT2D eigenvalue weighted by Gasteiger charge is -2.06. The van der Waals surface area contributed by atoms with Gasteiger partial charge in [-0.1, -0.05) is 17.7 Å². The molecule has 0 aliphatic heterocycles. The molecule has 2 N–H and O–H groups in total. The van der Waals surface area contributed by atoms with Crippen LogP contribution in [-0.4, -0.2) is 12.1 Å². The fourth-order valence-electron chi connectivity index (χ4n) is 1.52. The zero-order valence-corrected chi connectivity index (χ0v) is 8.24. The largest absolute Gasteiger partial charge is 0.481 e. The summed E-state index contributed by atoms with van der Waals surface area (Å²) in [5, 5.41) is 1.95. The lowest BCUT2D eigenvalue weighted by Crippen LogP contribution is -1.94. The molecule has 0 radical (unpaired) electrons. The number of ether oxygens (including phenoxy) is 1. The fraction of sp³-hybridized carbons (Fsp3) is 0.182. The van der Waals surface area contributed by atoms with Crippen LogP contribution in [0.1, 0.15) is 5.56 Å². The zero-order valence-electron chi connectivity index (χ0n) is 8.24. The first kappa shape index (κ1) is 8.81. The number of nitrogens with zero attached hydrogens (tertiary/aromatic N) is 1. The van der Waals surface area contributed by atoms with Gasteiger partial charge >= 0.3 is 0 Å². The van der Waals surface area contributed by atoms with Crippen molar-refractivity contribution in [3.8, 4) is 5.88 Å². The molecule has 2 rings (SSSR count). The molecular weight excluding hydrogens is 176 g/mol. The van der Waals surface area contributed by atoms with Crippen molar-refractivity contribution in [3.63, 3.8) is 0 Å². The molecular formula is C11H12N2O. The molecule has 0 saturated carbocycles. The molecule has 3 heteroatoms. The summed E-state index contributed by atoms with van der Waals surface area (Å²) < 4.78 is 5.17. The Hall–Kier alpha value is -1.77. The minimum absolute atomic E-state index is 0.623. The van der Waals surface area contributed by atoms with Crippen LogP contribution in [0.25, 0.3) is 10.8 Å². The summed E-state index contributed by atoms with van der Waals surface area (Å²) in [4.78, 5) is 4.12. The number of anilines is 1. The van der Waals surface area contributed by atoms with Crippen molar-refractivity contribution < 1.29 is 4.74 Å². The van der Waals surface area contributed by atoms with Gasteiger partial charge in [-0.25, -0.2) is 4.98 Å². The van der Waals surface area contributed by atoms with Crippen molar-refractivity contribution in [2.45, 2.75) is 6.92 Å². The molecule has 0 unspecified atom stereocenters. The van der Waals surface area contributed by atoms with Crippen LogP contribution in [0, 0.1) is 6.92 Å². The average molecular weight is 188 g/mol. The van der Waals surface area contributed by atoms with Crippen LogP contribution >= 0.6 is 0 Å². The van der Waals surface area contributed by atoms with Gasteiger partial charge in [0.1, 0.15) is 0 Å². The Kier molecular flexibility index (Phi) is 2.00. The van der Waals surface area contributed by atoms with E-state index in [4.69, 9.17) is 10.5 Å². The highest BCUT2D eigenvalue weighted by Crippen LogP contribution is 2.28. The number of methoxy groups -OCH3 is 1. The minimum atomic E-state index is 0.623. The van der Waals surface area contributed by atoms with Gasteiger partial charge in [-0.2, -0.15) is 0 Å². The van der Waals surface area contributed by atoms with Gasteiger partial charge in [0.2, 0.25) is 5.88 Å². The van der Waals surface area contributed by atoms with E-state index in [0.717, 1.165) is 10.8 Å². The fourth-order valence-corrected chi connectivity index (χ4v) is 1.52. The maximum absolute atomic E-state index is 5.81. The summed E-state index contributed by atoms with van der Waals surface area (Å²) in [6.45, 7) is 2.03. The minimum Gasteiger partial charge on any atom is -0.481 e. The first-order valence-electron chi connectivity index (χ1n) is 4.41. The summed E-state index contributed by atoms with van der Waals surface area (Å²) in [6.07, 6.45) is 1.62. The number of rotatable bonds is 1. The molecule has 0 bridgehead atoms. The topological polar surface area (TPSA) is 48.1 Å². The lowest BCUT2D eigenvalue weighted by atomic mass is 10.1. The number of benzene rings is 1. The summed E-state index contributed by atoms with van der Waals surface area (Å²) in [7, 11) is 1.61. The highest BCUT2D eigenvalue weighted by molar-refractivity contribution is 5.95. The highest BCUT2D eigenvalue weighted by Gasteiger charge is 2.05. The Labute approximate surface area is 82.5 Å². The molecule has 14 heavy (non-hydrogen) atoms. The zero-order chi connectivity index (χ0) is 10.1. The molecule has 0 aliphatic carbocycles. The normalized spacial score (nSPS) is 10.4. The number of aromatic nitrogens is 1. The summed E-state index contributed by atoms with van der Waals surface area (Å²) in [5.41, 5.74) is 7.66. The maximum Gasteiger partial charge on any atom is 0.221 e. The number of fused-ring (bicyclic) bond motifs is 1. The summed E-state index contributed by atoms with van der Waals surface area (Å²) in [5.74, 6) is 0.623. The van der Waals surface area contributed by atoms with E-state index in [0.29, 0.717) is 11.6 Å². The number of hydrogen-bond acceptors (Lipinski definition) is 3. The molecule has 0 aliphatic rings. The van der Waals surface area contributed by atoms with Crippen LogP contribution in [-0.2, 0) is 0 Å². The summed E-state index contributed by atoms with van der Waals surface area (Å²) >= 11 is 0. The molecule has 1 aromatic carbocycles. The summed E-state index contributed by atoms with van der Waals surface area (Å²) in [6, 6.07) is 6.04. The lowest BCUT2D eigenvalue weighted by molar-refractivity contribution is 0.403. The van der Waals surface area contributed by atoms with Gasteiger partial charge in [0.05, 0.1) is 19.0 Å². The van der Waals surface area contributed by atoms with Crippen LogP contribution in [0.3, 0.4) is 0 Å². The molecule has 1 aromatic heterocycles. The monoisotopic (exact) mass is 188 g/mol. The van der Waals surface area contributed by atoms with Crippen molar-refractivity contribution in [1.29, 1.82) is 0 Å². The number of aryl methyl sites for hydroxylation is 1. The maximum atomic E-state index is 5.81. The molecule has 0 saturated heterocycles. The van der Waals surface area contributed by atoms with Crippen molar-refractivity contribution in [1.82, 2.24) is 4.98 Å². The number of hydrogen-bond donors (Lipinski definition) is 1. The van der Waals surface area contributed by atoms with E-state index in [1.165, 1.54) is 5.56 Å². The van der Waals surface area contributed by atoms with E-state index >= 15 is 0 Å². The quantitative estimate of drug-likeness (QED) is 0.745. The SMILES string of the molecule is COc1ncc(N)c2ccc(C)cc12. The van der Waals surface area contributed by atoms with Gasteiger partial charge in [0.15, 0.2) is 0 Å². The van der Waals surface area contributed by atoms with Gasteiger partial charge in [-0.3, -0.25) is 0 Å². The first-order valence-corrected chi connectivity index (χ1v) is 4.41. The van der Waals surface area contributed by atoms with Gasteiger partial charge in [-0.15, -0.1) is 0 Å². The third kappa shape index (κ3) is 1.27. The van der Waals surface area contributed by atoms with Gasteiger partial charge < -0.3 is 10.5 Å². The number of pyridine rings is 1. The Balaban J connectivity index is 2.85. The van der Waals surface area contributed by atoms with Crippen LogP contribution < -0.4 is 10.5 Å². The Bertz CT molecular complexity index is 480. The van der Waals surface area contributed by atoms with Crippen LogP contribution in [0.4, 0.5) is 5.69 Å². The van der Waals surface area contributed by atoms with Crippen LogP contribution in [0.15, 0.2) is 24.4 Å². The van der Waals surface area contributed by atoms with Gasteiger partial charge in [0.25, 0.3) is 0 Å².